The Balaban J connectivity index is 2.27. The van der Waals surface area contributed by atoms with Crippen molar-refractivity contribution >= 4 is 23.2 Å². The lowest BCUT2D eigenvalue weighted by molar-refractivity contribution is 0.102. The molecule has 0 spiro atoms. The lowest BCUT2D eigenvalue weighted by atomic mass is 10.2. The number of aromatic hydroxyl groups is 1. The molecule has 5 nitrogen and oxygen atoms in total. The summed E-state index contributed by atoms with van der Waals surface area (Å²) in [5, 5.41) is 12.4. The molecule has 0 radical (unpaired) electrons. The van der Waals surface area contributed by atoms with Gasteiger partial charge in [-0.05, 0) is 30.7 Å². The summed E-state index contributed by atoms with van der Waals surface area (Å²) in [6, 6.07) is 4.80. The average Bonchev–Trinajstić information content (AvgIpc) is 2.43. The van der Waals surface area contributed by atoms with Crippen molar-refractivity contribution in [2.75, 3.05) is 5.32 Å². The molecule has 110 valence electrons. The van der Waals surface area contributed by atoms with Crippen LogP contribution in [0.5, 0.6) is 5.75 Å². The summed E-state index contributed by atoms with van der Waals surface area (Å²) in [5.74, 6) is 0.431. The van der Waals surface area contributed by atoms with Crippen LogP contribution < -0.4 is 5.32 Å². The third-order valence-electron chi connectivity index (χ3n) is 2.95. The smallest absolute Gasteiger partial charge is 0.275 e. The molecule has 0 bridgehead atoms. The summed E-state index contributed by atoms with van der Waals surface area (Å²) in [6.07, 6.45) is 1.43. The van der Waals surface area contributed by atoms with Crippen molar-refractivity contribution in [1.29, 1.82) is 0 Å². The molecule has 0 unspecified atom stereocenters. The van der Waals surface area contributed by atoms with Crippen LogP contribution in [0.25, 0.3) is 0 Å². The van der Waals surface area contributed by atoms with Gasteiger partial charge in [-0.25, -0.2) is 9.97 Å². The maximum Gasteiger partial charge on any atom is 0.275 e. The van der Waals surface area contributed by atoms with Gasteiger partial charge in [-0.1, -0.05) is 25.4 Å². The second-order valence-corrected chi connectivity index (χ2v) is 5.44. The van der Waals surface area contributed by atoms with Gasteiger partial charge in [0.15, 0.2) is 5.69 Å². The predicted octanol–water partition coefficient (Wildman–Crippen LogP) is 3.52. The van der Waals surface area contributed by atoms with Gasteiger partial charge < -0.3 is 10.4 Å². The highest BCUT2D eigenvalue weighted by molar-refractivity contribution is 6.33. The molecule has 0 aliphatic carbocycles. The monoisotopic (exact) mass is 305 g/mol. The number of amides is 1. The van der Waals surface area contributed by atoms with Gasteiger partial charge in [-0.2, -0.15) is 0 Å². The van der Waals surface area contributed by atoms with Crippen LogP contribution in [0.4, 0.5) is 5.69 Å². The quantitative estimate of drug-likeness (QED) is 0.851. The van der Waals surface area contributed by atoms with Crippen molar-refractivity contribution in [1.82, 2.24) is 9.97 Å². The van der Waals surface area contributed by atoms with Gasteiger partial charge in [0.05, 0.1) is 11.2 Å². The number of hydrogen-bond donors (Lipinski definition) is 2. The molecule has 2 rings (SSSR count). The standard InChI is InChI=1S/C15H16ClN3O2/c1-8(2)14-17-7-11(16)13(19-14)15(21)18-10-4-5-12(20)9(3)6-10/h4-8,20H,1-3H3,(H,18,21). The van der Waals surface area contributed by atoms with E-state index in [0.29, 0.717) is 17.1 Å². The largest absolute Gasteiger partial charge is 0.508 e. The fourth-order valence-corrected chi connectivity index (χ4v) is 1.92. The highest BCUT2D eigenvalue weighted by Crippen LogP contribution is 2.22. The molecule has 21 heavy (non-hydrogen) atoms. The van der Waals surface area contributed by atoms with Gasteiger partial charge in [0.25, 0.3) is 5.91 Å². The van der Waals surface area contributed by atoms with E-state index in [1.165, 1.54) is 12.3 Å². The molecular weight excluding hydrogens is 290 g/mol. The van der Waals surface area contributed by atoms with E-state index < -0.39 is 5.91 Å². The number of rotatable bonds is 3. The van der Waals surface area contributed by atoms with Crippen molar-refractivity contribution in [3.63, 3.8) is 0 Å². The molecule has 0 saturated heterocycles. The Morgan fingerprint density at radius 1 is 1.38 bits per heavy atom. The first kappa shape index (κ1) is 15.3. The van der Waals surface area contributed by atoms with E-state index in [9.17, 15) is 9.90 Å². The molecule has 1 aromatic heterocycles. The van der Waals surface area contributed by atoms with Crippen LogP contribution in [0.15, 0.2) is 24.4 Å². The number of hydrogen-bond acceptors (Lipinski definition) is 4. The van der Waals surface area contributed by atoms with E-state index in [0.717, 1.165) is 0 Å². The molecule has 2 aromatic rings. The average molecular weight is 306 g/mol. The summed E-state index contributed by atoms with van der Waals surface area (Å²) in [4.78, 5) is 20.6. The normalized spacial score (nSPS) is 10.7. The predicted molar refractivity (Wildman–Crippen MR) is 81.9 cm³/mol. The first-order valence-electron chi connectivity index (χ1n) is 6.52. The van der Waals surface area contributed by atoms with E-state index in [1.54, 1.807) is 19.1 Å². The van der Waals surface area contributed by atoms with E-state index in [-0.39, 0.29) is 22.4 Å². The van der Waals surface area contributed by atoms with Crippen LogP contribution in [-0.2, 0) is 0 Å². The summed E-state index contributed by atoms with van der Waals surface area (Å²) >= 11 is 5.99. The Morgan fingerprint density at radius 3 is 2.71 bits per heavy atom. The van der Waals surface area contributed by atoms with E-state index in [4.69, 9.17) is 11.6 Å². The van der Waals surface area contributed by atoms with Gasteiger partial charge in [-0.15, -0.1) is 0 Å². The zero-order valence-corrected chi connectivity index (χ0v) is 12.8. The number of benzene rings is 1. The minimum Gasteiger partial charge on any atom is -0.508 e. The van der Waals surface area contributed by atoms with E-state index in [2.05, 4.69) is 15.3 Å². The molecule has 1 heterocycles. The van der Waals surface area contributed by atoms with Crippen LogP contribution in [0.2, 0.25) is 5.02 Å². The van der Waals surface area contributed by atoms with Crippen LogP contribution in [0.3, 0.4) is 0 Å². The van der Waals surface area contributed by atoms with Gasteiger partial charge in [0.1, 0.15) is 11.6 Å². The number of carbonyl (C=O) groups excluding carboxylic acids is 1. The molecule has 6 heteroatoms. The number of aryl methyl sites for hydroxylation is 1. The number of nitrogens with one attached hydrogen (secondary N) is 1. The Morgan fingerprint density at radius 2 is 2.10 bits per heavy atom. The maximum absolute atomic E-state index is 12.3. The van der Waals surface area contributed by atoms with Gasteiger partial charge in [0.2, 0.25) is 0 Å². The number of aromatic nitrogens is 2. The third-order valence-corrected chi connectivity index (χ3v) is 3.23. The molecular formula is C15H16ClN3O2. The number of nitrogens with zero attached hydrogens (tertiary/aromatic N) is 2. The molecule has 0 aliphatic rings. The molecule has 0 atom stereocenters. The van der Waals surface area contributed by atoms with Gasteiger partial charge >= 0.3 is 0 Å². The SMILES string of the molecule is Cc1cc(NC(=O)c2nc(C(C)C)ncc2Cl)ccc1O. The van der Waals surface area contributed by atoms with Gasteiger partial charge in [0, 0.05) is 11.6 Å². The zero-order chi connectivity index (χ0) is 15.6. The molecule has 1 aromatic carbocycles. The lowest BCUT2D eigenvalue weighted by Gasteiger charge is -2.09. The number of phenolic OH excluding ortho intramolecular Hbond substituents is 1. The number of phenols is 1. The minimum atomic E-state index is -0.408. The molecule has 0 fully saturated rings. The van der Waals surface area contributed by atoms with Crippen molar-refractivity contribution in [3.05, 3.63) is 46.5 Å². The number of anilines is 1. The van der Waals surface area contributed by atoms with E-state index >= 15 is 0 Å². The highest BCUT2D eigenvalue weighted by Gasteiger charge is 2.16. The first-order chi connectivity index (χ1) is 9.88. The second kappa shape index (κ2) is 6.10. The van der Waals surface area contributed by atoms with Crippen LogP contribution >= 0.6 is 11.6 Å². The minimum absolute atomic E-state index is 0.102. The topological polar surface area (TPSA) is 75.1 Å². The second-order valence-electron chi connectivity index (χ2n) is 5.03. The van der Waals surface area contributed by atoms with E-state index in [1.807, 2.05) is 13.8 Å². The Kier molecular flexibility index (Phi) is 4.43. The van der Waals surface area contributed by atoms with Crippen molar-refractivity contribution < 1.29 is 9.90 Å². The fourth-order valence-electron chi connectivity index (χ4n) is 1.74. The first-order valence-corrected chi connectivity index (χ1v) is 6.89. The highest BCUT2D eigenvalue weighted by atomic mass is 35.5. The zero-order valence-electron chi connectivity index (χ0n) is 12.0. The lowest BCUT2D eigenvalue weighted by Crippen LogP contribution is -2.16. The summed E-state index contributed by atoms with van der Waals surface area (Å²) < 4.78 is 0. The van der Waals surface area contributed by atoms with Crippen molar-refractivity contribution in [2.24, 2.45) is 0 Å². The summed E-state index contributed by atoms with van der Waals surface area (Å²) in [7, 11) is 0. The summed E-state index contributed by atoms with van der Waals surface area (Å²) in [5.41, 5.74) is 1.38. The Hall–Kier alpha value is -2.14. The van der Waals surface area contributed by atoms with Crippen LogP contribution in [0, 0.1) is 6.92 Å². The van der Waals surface area contributed by atoms with Crippen LogP contribution in [-0.4, -0.2) is 21.0 Å². The number of halogens is 1. The Bertz CT molecular complexity index is 687. The van der Waals surface area contributed by atoms with Crippen molar-refractivity contribution in [3.8, 4) is 5.75 Å². The molecule has 0 saturated carbocycles. The number of carbonyl (C=O) groups is 1. The maximum atomic E-state index is 12.3. The molecule has 2 N–H and O–H groups in total. The molecule has 0 aliphatic heterocycles. The summed E-state index contributed by atoms with van der Waals surface area (Å²) in [6.45, 7) is 5.63. The fraction of sp³-hybridized carbons (Fsp3) is 0.267. The van der Waals surface area contributed by atoms with Crippen molar-refractivity contribution in [2.45, 2.75) is 26.7 Å². The Labute approximate surface area is 128 Å². The van der Waals surface area contributed by atoms with Gasteiger partial charge in [-0.3, -0.25) is 4.79 Å². The van der Waals surface area contributed by atoms with Crippen LogP contribution in [0.1, 0.15) is 41.6 Å². The molecule has 1 amide bonds. The third kappa shape index (κ3) is 3.49.